The van der Waals surface area contributed by atoms with Crippen molar-refractivity contribution in [3.05, 3.63) is 65.0 Å². The van der Waals surface area contributed by atoms with Crippen LogP contribution in [0.3, 0.4) is 0 Å². The zero-order valence-corrected chi connectivity index (χ0v) is 17.8. The van der Waals surface area contributed by atoms with E-state index in [1.807, 2.05) is 0 Å². The van der Waals surface area contributed by atoms with E-state index in [-0.39, 0.29) is 46.9 Å². The number of halogens is 2. The highest BCUT2D eigenvalue weighted by molar-refractivity contribution is 7.89. The van der Waals surface area contributed by atoms with Crippen molar-refractivity contribution in [2.45, 2.75) is 17.9 Å². The van der Waals surface area contributed by atoms with Gasteiger partial charge in [-0.2, -0.15) is 4.98 Å². The summed E-state index contributed by atoms with van der Waals surface area (Å²) in [7, 11) is -1.04. The highest BCUT2D eigenvalue weighted by Crippen LogP contribution is 2.29. The summed E-state index contributed by atoms with van der Waals surface area (Å²) in [6.07, 6.45) is 0.196. The zero-order chi connectivity index (χ0) is 21.7. The molecule has 0 aliphatic heterocycles. The molecule has 0 unspecified atom stereocenters. The predicted octanol–water partition coefficient (Wildman–Crippen LogP) is 3.31. The lowest BCUT2D eigenvalue weighted by Gasteiger charge is -2.18. The molecule has 0 N–H and O–H groups in total. The Hall–Kier alpha value is -2.69. The van der Waals surface area contributed by atoms with Crippen LogP contribution in [0, 0.1) is 5.82 Å². The maximum atomic E-state index is 13.6. The molecule has 0 atom stereocenters. The van der Waals surface area contributed by atoms with Gasteiger partial charge in [-0.25, -0.2) is 17.1 Å². The maximum absolute atomic E-state index is 13.6. The molecule has 1 heterocycles. The number of hydrogen-bond donors (Lipinski definition) is 0. The van der Waals surface area contributed by atoms with E-state index >= 15 is 0 Å². The second kappa shape index (κ2) is 9.41. The lowest BCUT2D eigenvalue weighted by molar-refractivity contribution is 0.234. The number of ether oxygens (including phenoxy) is 2. The van der Waals surface area contributed by atoms with Crippen molar-refractivity contribution in [2.24, 2.45) is 0 Å². The molecule has 3 aromatic rings. The van der Waals surface area contributed by atoms with Crippen LogP contribution in [0.1, 0.15) is 11.7 Å². The molecule has 0 spiro atoms. The lowest BCUT2D eigenvalue weighted by atomic mass is 10.3. The minimum absolute atomic E-state index is 0.0351. The first-order valence-electron chi connectivity index (χ1n) is 8.80. The third-order valence-electron chi connectivity index (χ3n) is 4.16. The molecular weight excluding hydrogens is 437 g/mol. The van der Waals surface area contributed by atoms with E-state index in [2.05, 4.69) is 10.1 Å². The first kappa shape index (κ1) is 22.0. The molecule has 0 aliphatic rings. The van der Waals surface area contributed by atoms with Crippen molar-refractivity contribution in [3.63, 3.8) is 0 Å². The van der Waals surface area contributed by atoms with Gasteiger partial charge in [0.2, 0.25) is 10.0 Å². The summed E-state index contributed by atoms with van der Waals surface area (Å²) in [5.41, 5.74) is 0. The van der Waals surface area contributed by atoms with Gasteiger partial charge in [-0.05, 0) is 30.3 Å². The molecule has 0 radical (unpaired) electrons. The molecule has 30 heavy (non-hydrogen) atoms. The number of methoxy groups -OCH3 is 1. The van der Waals surface area contributed by atoms with Gasteiger partial charge in [0.15, 0.2) is 24.0 Å². The van der Waals surface area contributed by atoms with Crippen LogP contribution < -0.4 is 9.47 Å². The molecule has 2 aromatic carbocycles. The van der Waals surface area contributed by atoms with Crippen LogP contribution in [0.25, 0.3) is 0 Å². The van der Waals surface area contributed by atoms with Crippen LogP contribution in [-0.2, 0) is 23.1 Å². The van der Waals surface area contributed by atoms with Crippen molar-refractivity contribution in [1.82, 2.24) is 14.4 Å². The standard InChI is InChI=1S/C19H19ClFN3O5S/c1-24(30(25,26)17-11-13(20)7-8-16(17)27-2)10-9-18-22-19(29-23-18)12-28-15-6-4-3-5-14(15)21/h3-8,11H,9-10,12H2,1-2H3. The van der Waals surface area contributed by atoms with Gasteiger partial charge in [0.05, 0.1) is 7.11 Å². The van der Waals surface area contributed by atoms with E-state index in [0.717, 1.165) is 4.31 Å². The first-order valence-corrected chi connectivity index (χ1v) is 10.6. The summed E-state index contributed by atoms with van der Waals surface area (Å²) in [5, 5.41) is 4.08. The third-order valence-corrected chi connectivity index (χ3v) is 6.28. The molecule has 1 aromatic heterocycles. The molecule has 0 aliphatic carbocycles. The quantitative estimate of drug-likeness (QED) is 0.488. The summed E-state index contributed by atoms with van der Waals surface area (Å²) in [4.78, 5) is 4.10. The van der Waals surface area contributed by atoms with Crippen molar-refractivity contribution >= 4 is 21.6 Å². The average molecular weight is 456 g/mol. The molecule has 0 bridgehead atoms. The Balaban J connectivity index is 1.62. The van der Waals surface area contributed by atoms with E-state index in [4.69, 9.17) is 25.6 Å². The van der Waals surface area contributed by atoms with Crippen LogP contribution in [0.4, 0.5) is 4.39 Å². The number of hydrogen-bond acceptors (Lipinski definition) is 7. The second-order valence-corrected chi connectivity index (χ2v) is 8.64. The molecule has 0 fully saturated rings. The molecule has 8 nitrogen and oxygen atoms in total. The molecule has 0 saturated heterocycles. The Kier molecular flexibility index (Phi) is 6.91. The van der Waals surface area contributed by atoms with Gasteiger partial charge < -0.3 is 14.0 Å². The molecular formula is C19H19ClFN3O5S. The van der Waals surface area contributed by atoms with Crippen LogP contribution in [-0.4, -0.2) is 43.6 Å². The van der Waals surface area contributed by atoms with E-state index in [0.29, 0.717) is 5.82 Å². The number of para-hydroxylation sites is 1. The Morgan fingerprint density at radius 1 is 1.20 bits per heavy atom. The number of benzene rings is 2. The first-order chi connectivity index (χ1) is 14.3. The maximum Gasteiger partial charge on any atom is 0.264 e. The molecule has 0 saturated carbocycles. The monoisotopic (exact) mass is 455 g/mol. The highest BCUT2D eigenvalue weighted by Gasteiger charge is 2.25. The van der Waals surface area contributed by atoms with Gasteiger partial charge >= 0.3 is 0 Å². The number of rotatable bonds is 9. The van der Waals surface area contributed by atoms with Crippen LogP contribution >= 0.6 is 11.6 Å². The Morgan fingerprint density at radius 3 is 2.70 bits per heavy atom. The van der Waals surface area contributed by atoms with Crippen LogP contribution in [0.2, 0.25) is 5.02 Å². The fourth-order valence-corrected chi connectivity index (χ4v) is 4.13. The Labute approximate surface area is 178 Å². The van der Waals surface area contributed by atoms with Crippen molar-refractivity contribution in [2.75, 3.05) is 20.7 Å². The van der Waals surface area contributed by atoms with Crippen molar-refractivity contribution in [1.29, 1.82) is 0 Å². The van der Waals surface area contributed by atoms with Gasteiger partial charge in [0.1, 0.15) is 10.6 Å². The van der Waals surface area contributed by atoms with Crippen LogP contribution in [0.15, 0.2) is 51.9 Å². The average Bonchev–Trinajstić information content (AvgIpc) is 3.19. The summed E-state index contributed by atoms with van der Waals surface area (Å²) in [6, 6.07) is 10.3. The summed E-state index contributed by atoms with van der Waals surface area (Å²) >= 11 is 5.94. The fourth-order valence-electron chi connectivity index (χ4n) is 2.55. The van der Waals surface area contributed by atoms with Gasteiger partial charge in [-0.15, -0.1) is 0 Å². The lowest BCUT2D eigenvalue weighted by Crippen LogP contribution is -2.29. The number of nitrogens with zero attached hydrogens (tertiary/aromatic N) is 3. The Bertz CT molecular complexity index is 1120. The third kappa shape index (κ3) is 5.07. The largest absolute Gasteiger partial charge is 0.495 e. The highest BCUT2D eigenvalue weighted by atomic mass is 35.5. The molecule has 0 amide bonds. The molecule has 11 heteroatoms. The minimum Gasteiger partial charge on any atom is -0.495 e. The smallest absolute Gasteiger partial charge is 0.264 e. The van der Waals surface area contributed by atoms with Crippen LogP contribution in [0.5, 0.6) is 11.5 Å². The minimum atomic E-state index is -3.85. The zero-order valence-electron chi connectivity index (χ0n) is 16.2. The SMILES string of the molecule is COc1ccc(Cl)cc1S(=O)(=O)N(C)CCc1noc(COc2ccccc2F)n1. The summed E-state index contributed by atoms with van der Waals surface area (Å²) in [6.45, 7) is -0.0209. The second-order valence-electron chi connectivity index (χ2n) is 6.20. The van der Waals surface area contributed by atoms with E-state index < -0.39 is 15.8 Å². The Morgan fingerprint density at radius 2 is 1.97 bits per heavy atom. The van der Waals surface area contributed by atoms with E-state index in [1.54, 1.807) is 18.2 Å². The molecule has 3 rings (SSSR count). The number of sulfonamides is 1. The van der Waals surface area contributed by atoms with Crippen molar-refractivity contribution < 1.29 is 26.8 Å². The van der Waals surface area contributed by atoms with Gasteiger partial charge in [0, 0.05) is 25.0 Å². The number of likely N-dealkylation sites (N-methyl/N-ethyl adjacent to an activating group) is 1. The van der Waals surface area contributed by atoms with Gasteiger partial charge in [-0.1, -0.05) is 28.9 Å². The summed E-state index contributed by atoms with van der Waals surface area (Å²) < 4.78 is 55.9. The van der Waals surface area contributed by atoms with E-state index in [9.17, 15) is 12.8 Å². The van der Waals surface area contributed by atoms with Gasteiger partial charge in [0.25, 0.3) is 5.89 Å². The topological polar surface area (TPSA) is 94.8 Å². The van der Waals surface area contributed by atoms with Gasteiger partial charge in [-0.3, -0.25) is 0 Å². The normalized spacial score (nSPS) is 11.6. The molecule has 160 valence electrons. The van der Waals surface area contributed by atoms with Crippen molar-refractivity contribution in [3.8, 4) is 11.5 Å². The fraction of sp³-hybridized carbons (Fsp3) is 0.263. The summed E-state index contributed by atoms with van der Waals surface area (Å²) in [5.74, 6) is 0.204. The van der Waals surface area contributed by atoms with E-state index in [1.165, 1.54) is 38.4 Å². The number of aromatic nitrogens is 2. The predicted molar refractivity (Wildman–Crippen MR) is 107 cm³/mol.